The van der Waals surface area contributed by atoms with Crippen molar-refractivity contribution in [1.82, 2.24) is 5.32 Å². The number of hydrogen-bond acceptors (Lipinski definition) is 2. The Kier molecular flexibility index (Phi) is 5.77. The Morgan fingerprint density at radius 3 is 2.44 bits per heavy atom. The summed E-state index contributed by atoms with van der Waals surface area (Å²) in [5, 5.41) is 3.62. The van der Waals surface area contributed by atoms with Crippen molar-refractivity contribution in [2.45, 2.75) is 71.4 Å². The highest BCUT2D eigenvalue weighted by molar-refractivity contribution is 4.94. The molecule has 0 aromatic rings. The van der Waals surface area contributed by atoms with Crippen molar-refractivity contribution in [3.63, 3.8) is 0 Å². The van der Waals surface area contributed by atoms with Crippen LogP contribution in [0.1, 0.15) is 59.8 Å². The molecule has 1 aliphatic rings. The fourth-order valence-electron chi connectivity index (χ4n) is 2.79. The molecule has 1 atom stereocenters. The van der Waals surface area contributed by atoms with E-state index in [0.717, 1.165) is 19.1 Å². The Hall–Kier alpha value is -0.0800. The number of nitrogens with one attached hydrogen (secondary N) is 1. The molecule has 2 nitrogen and oxygen atoms in total. The van der Waals surface area contributed by atoms with Crippen LogP contribution in [0.15, 0.2) is 0 Å². The summed E-state index contributed by atoms with van der Waals surface area (Å²) in [4.78, 5) is 0. The SMILES string of the molecule is CCCNC(C)C1(OCC)CCC(C)CC1. The zero-order chi connectivity index (χ0) is 12.0. The third-order valence-corrected chi connectivity index (χ3v) is 4.04. The van der Waals surface area contributed by atoms with E-state index in [2.05, 4.69) is 33.0 Å². The first kappa shape index (κ1) is 14.0. The molecule has 1 unspecified atom stereocenters. The number of ether oxygens (including phenoxy) is 1. The van der Waals surface area contributed by atoms with Crippen molar-refractivity contribution in [2.75, 3.05) is 13.2 Å². The highest BCUT2D eigenvalue weighted by Crippen LogP contribution is 2.37. The van der Waals surface area contributed by atoms with E-state index in [1.54, 1.807) is 0 Å². The molecule has 1 aliphatic carbocycles. The van der Waals surface area contributed by atoms with Gasteiger partial charge in [0.05, 0.1) is 5.60 Å². The molecule has 0 aliphatic heterocycles. The summed E-state index contributed by atoms with van der Waals surface area (Å²) in [6.45, 7) is 10.9. The summed E-state index contributed by atoms with van der Waals surface area (Å²) in [6.07, 6.45) is 6.28. The van der Waals surface area contributed by atoms with E-state index in [0.29, 0.717) is 6.04 Å². The third-order valence-electron chi connectivity index (χ3n) is 4.04. The second kappa shape index (κ2) is 6.61. The minimum atomic E-state index is 0.108. The Labute approximate surface area is 101 Å². The average molecular weight is 227 g/mol. The van der Waals surface area contributed by atoms with Crippen LogP contribution in [0.5, 0.6) is 0 Å². The third kappa shape index (κ3) is 3.46. The minimum absolute atomic E-state index is 0.108. The van der Waals surface area contributed by atoms with Gasteiger partial charge in [-0.25, -0.2) is 0 Å². The smallest absolute Gasteiger partial charge is 0.0832 e. The molecule has 0 heterocycles. The molecular weight excluding hydrogens is 198 g/mol. The molecule has 0 radical (unpaired) electrons. The summed E-state index contributed by atoms with van der Waals surface area (Å²) in [5.41, 5.74) is 0.108. The van der Waals surface area contributed by atoms with E-state index in [4.69, 9.17) is 4.74 Å². The lowest BCUT2D eigenvalue weighted by molar-refractivity contribution is -0.0922. The molecule has 1 fully saturated rings. The zero-order valence-electron chi connectivity index (χ0n) is 11.5. The molecular formula is C14H29NO. The monoisotopic (exact) mass is 227 g/mol. The predicted molar refractivity (Wildman–Crippen MR) is 69.7 cm³/mol. The van der Waals surface area contributed by atoms with Crippen molar-refractivity contribution in [1.29, 1.82) is 0 Å². The lowest BCUT2D eigenvalue weighted by atomic mass is 9.75. The first-order chi connectivity index (χ1) is 7.64. The Morgan fingerprint density at radius 1 is 1.31 bits per heavy atom. The summed E-state index contributed by atoms with van der Waals surface area (Å²) in [7, 11) is 0. The Balaban J connectivity index is 2.57. The fraction of sp³-hybridized carbons (Fsp3) is 1.00. The van der Waals surface area contributed by atoms with Gasteiger partial charge in [0.1, 0.15) is 0 Å². The van der Waals surface area contributed by atoms with Crippen LogP contribution in [0.25, 0.3) is 0 Å². The molecule has 1 rings (SSSR count). The van der Waals surface area contributed by atoms with Gasteiger partial charge >= 0.3 is 0 Å². The van der Waals surface area contributed by atoms with Gasteiger partial charge in [-0.3, -0.25) is 0 Å². The maximum atomic E-state index is 6.12. The molecule has 1 N–H and O–H groups in total. The quantitative estimate of drug-likeness (QED) is 0.751. The van der Waals surface area contributed by atoms with Gasteiger partial charge in [0.2, 0.25) is 0 Å². The average Bonchev–Trinajstić information content (AvgIpc) is 2.29. The Morgan fingerprint density at radius 2 is 1.94 bits per heavy atom. The lowest BCUT2D eigenvalue weighted by Gasteiger charge is -2.44. The second-order valence-corrected chi connectivity index (χ2v) is 5.36. The van der Waals surface area contributed by atoms with E-state index in [1.807, 2.05) is 0 Å². The van der Waals surface area contributed by atoms with E-state index < -0.39 is 0 Å². The van der Waals surface area contributed by atoms with E-state index in [-0.39, 0.29) is 5.60 Å². The standard InChI is InChI=1S/C14H29NO/c1-5-11-15-13(4)14(16-6-2)9-7-12(3)8-10-14/h12-13,15H,5-11H2,1-4H3. The largest absolute Gasteiger partial charge is 0.374 e. The molecule has 0 saturated heterocycles. The van der Waals surface area contributed by atoms with Crippen molar-refractivity contribution in [3.05, 3.63) is 0 Å². The lowest BCUT2D eigenvalue weighted by Crippen LogP contribution is -2.53. The normalized spacial score (nSPS) is 32.6. The maximum Gasteiger partial charge on any atom is 0.0832 e. The maximum absolute atomic E-state index is 6.12. The first-order valence-corrected chi connectivity index (χ1v) is 7.02. The van der Waals surface area contributed by atoms with Crippen molar-refractivity contribution in [2.24, 2.45) is 5.92 Å². The zero-order valence-corrected chi connectivity index (χ0v) is 11.5. The van der Waals surface area contributed by atoms with Crippen LogP contribution in [0, 0.1) is 5.92 Å². The van der Waals surface area contributed by atoms with Crippen LogP contribution >= 0.6 is 0 Å². The van der Waals surface area contributed by atoms with Crippen LogP contribution in [0.2, 0.25) is 0 Å². The van der Waals surface area contributed by atoms with Crippen LogP contribution in [0.3, 0.4) is 0 Å². The molecule has 16 heavy (non-hydrogen) atoms. The van der Waals surface area contributed by atoms with Gasteiger partial charge in [0, 0.05) is 12.6 Å². The number of hydrogen-bond donors (Lipinski definition) is 1. The molecule has 96 valence electrons. The van der Waals surface area contributed by atoms with E-state index in [1.165, 1.54) is 32.1 Å². The van der Waals surface area contributed by atoms with Gasteiger partial charge in [0.25, 0.3) is 0 Å². The summed E-state index contributed by atoms with van der Waals surface area (Å²) in [6, 6.07) is 0.486. The molecule has 0 aromatic carbocycles. The van der Waals surface area contributed by atoms with Crippen LogP contribution in [-0.2, 0) is 4.74 Å². The highest BCUT2D eigenvalue weighted by Gasteiger charge is 2.39. The van der Waals surface area contributed by atoms with Crippen LogP contribution in [-0.4, -0.2) is 24.8 Å². The molecule has 0 spiro atoms. The molecule has 1 saturated carbocycles. The van der Waals surface area contributed by atoms with Gasteiger partial charge in [0.15, 0.2) is 0 Å². The molecule has 0 bridgehead atoms. The summed E-state index contributed by atoms with van der Waals surface area (Å²) >= 11 is 0. The van der Waals surface area contributed by atoms with Gasteiger partial charge in [-0.15, -0.1) is 0 Å². The molecule has 0 aromatic heterocycles. The van der Waals surface area contributed by atoms with Crippen molar-refractivity contribution in [3.8, 4) is 0 Å². The van der Waals surface area contributed by atoms with Gasteiger partial charge in [-0.1, -0.05) is 13.8 Å². The second-order valence-electron chi connectivity index (χ2n) is 5.36. The van der Waals surface area contributed by atoms with Crippen molar-refractivity contribution < 1.29 is 4.74 Å². The highest BCUT2D eigenvalue weighted by atomic mass is 16.5. The van der Waals surface area contributed by atoms with Gasteiger partial charge in [-0.05, 0) is 58.4 Å². The van der Waals surface area contributed by atoms with Crippen molar-refractivity contribution >= 4 is 0 Å². The molecule has 2 heteroatoms. The summed E-state index contributed by atoms with van der Waals surface area (Å²) in [5.74, 6) is 0.881. The van der Waals surface area contributed by atoms with E-state index in [9.17, 15) is 0 Å². The molecule has 0 amide bonds. The van der Waals surface area contributed by atoms with Crippen LogP contribution < -0.4 is 5.32 Å². The Bertz CT molecular complexity index is 185. The topological polar surface area (TPSA) is 21.3 Å². The van der Waals surface area contributed by atoms with Crippen LogP contribution in [0.4, 0.5) is 0 Å². The first-order valence-electron chi connectivity index (χ1n) is 7.02. The van der Waals surface area contributed by atoms with Gasteiger partial charge in [-0.2, -0.15) is 0 Å². The van der Waals surface area contributed by atoms with E-state index >= 15 is 0 Å². The number of rotatable bonds is 6. The van der Waals surface area contributed by atoms with Gasteiger partial charge < -0.3 is 10.1 Å². The minimum Gasteiger partial charge on any atom is -0.374 e. The predicted octanol–water partition coefficient (Wildman–Crippen LogP) is 3.36. The summed E-state index contributed by atoms with van der Waals surface area (Å²) < 4.78 is 6.12. The fourth-order valence-corrected chi connectivity index (χ4v) is 2.79.